The first kappa shape index (κ1) is 10.5. The number of aryl methyl sites for hydroxylation is 1. The zero-order valence-electron chi connectivity index (χ0n) is 8.34. The summed E-state index contributed by atoms with van der Waals surface area (Å²) in [4.78, 5) is 0. The number of para-hydroxylation sites is 1. The fourth-order valence-electron chi connectivity index (χ4n) is 1.17. The van der Waals surface area contributed by atoms with Crippen molar-refractivity contribution in [1.82, 2.24) is 0 Å². The van der Waals surface area contributed by atoms with E-state index in [1.54, 1.807) is 0 Å². The molecule has 0 amide bonds. The van der Waals surface area contributed by atoms with E-state index in [-0.39, 0.29) is 0 Å². The minimum atomic E-state index is 1.06. The van der Waals surface area contributed by atoms with Crippen molar-refractivity contribution in [2.45, 2.75) is 13.8 Å². The number of hydrogen-bond acceptors (Lipinski definition) is 2. The van der Waals surface area contributed by atoms with Gasteiger partial charge in [-0.1, -0.05) is 25.1 Å². The van der Waals surface area contributed by atoms with Crippen molar-refractivity contribution in [1.29, 1.82) is 0 Å². The van der Waals surface area contributed by atoms with Crippen LogP contribution >= 0.6 is 11.8 Å². The molecule has 72 valence electrons. The van der Waals surface area contributed by atoms with Gasteiger partial charge in [-0.05, 0) is 24.3 Å². The van der Waals surface area contributed by atoms with E-state index in [1.807, 2.05) is 11.8 Å². The second kappa shape index (κ2) is 5.92. The van der Waals surface area contributed by atoms with Gasteiger partial charge >= 0.3 is 0 Å². The van der Waals surface area contributed by atoms with Crippen LogP contribution < -0.4 is 5.32 Å². The van der Waals surface area contributed by atoms with E-state index in [1.165, 1.54) is 22.8 Å². The van der Waals surface area contributed by atoms with Crippen LogP contribution in [0.5, 0.6) is 0 Å². The molecule has 1 aromatic carbocycles. The van der Waals surface area contributed by atoms with Gasteiger partial charge in [-0.3, -0.25) is 0 Å². The second-order valence-electron chi connectivity index (χ2n) is 2.94. The average Bonchev–Trinajstić information content (AvgIpc) is 2.15. The monoisotopic (exact) mass is 195 g/mol. The van der Waals surface area contributed by atoms with Gasteiger partial charge in [0, 0.05) is 18.0 Å². The summed E-state index contributed by atoms with van der Waals surface area (Å²) in [6.45, 7) is 5.39. The molecule has 0 unspecified atom stereocenters. The third kappa shape index (κ3) is 3.73. The van der Waals surface area contributed by atoms with Gasteiger partial charge in [0.1, 0.15) is 0 Å². The van der Waals surface area contributed by atoms with Crippen LogP contribution in [0.1, 0.15) is 12.5 Å². The quantitative estimate of drug-likeness (QED) is 0.724. The minimum absolute atomic E-state index is 1.06. The Balaban J connectivity index is 2.32. The van der Waals surface area contributed by atoms with Crippen LogP contribution in [0, 0.1) is 6.92 Å². The van der Waals surface area contributed by atoms with Gasteiger partial charge in [-0.15, -0.1) is 0 Å². The van der Waals surface area contributed by atoms with Crippen LogP contribution in [0.2, 0.25) is 0 Å². The van der Waals surface area contributed by atoms with Crippen molar-refractivity contribution < 1.29 is 0 Å². The third-order valence-electron chi connectivity index (χ3n) is 1.91. The van der Waals surface area contributed by atoms with E-state index in [9.17, 15) is 0 Å². The van der Waals surface area contributed by atoms with Crippen molar-refractivity contribution in [2.24, 2.45) is 0 Å². The Hall–Kier alpha value is -0.630. The molecule has 0 spiro atoms. The first-order chi connectivity index (χ1) is 6.34. The Labute approximate surface area is 84.9 Å². The van der Waals surface area contributed by atoms with Gasteiger partial charge in [0.25, 0.3) is 0 Å². The molecule has 0 heterocycles. The largest absolute Gasteiger partial charge is 0.384 e. The van der Waals surface area contributed by atoms with Crippen LogP contribution in [0.4, 0.5) is 5.69 Å². The molecule has 0 radical (unpaired) electrons. The first-order valence-corrected chi connectivity index (χ1v) is 5.87. The zero-order chi connectivity index (χ0) is 9.52. The molecule has 1 rings (SSSR count). The molecule has 0 saturated carbocycles. The first-order valence-electron chi connectivity index (χ1n) is 4.72. The molecular weight excluding hydrogens is 178 g/mol. The lowest BCUT2D eigenvalue weighted by Crippen LogP contribution is -2.05. The number of benzene rings is 1. The molecule has 0 saturated heterocycles. The number of hydrogen-bond donors (Lipinski definition) is 1. The summed E-state index contributed by atoms with van der Waals surface area (Å²) in [7, 11) is 0. The van der Waals surface area contributed by atoms with Gasteiger partial charge in [0.15, 0.2) is 0 Å². The highest BCUT2D eigenvalue weighted by molar-refractivity contribution is 7.99. The Bertz CT molecular complexity index is 248. The summed E-state index contributed by atoms with van der Waals surface area (Å²) in [5, 5.41) is 3.43. The SMILES string of the molecule is CCSCCNc1ccccc1C. The molecule has 13 heavy (non-hydrogen) atoms. The maximum atomic E-state index is 3.43. The summed E-state index contributed by atoms with van der Waals surface area (Å²) >= 11 is 1.97. The van der Waals surface area contributed by atoms with Gasteiger partial charge < -0.3 is 5.32 Å². The van der Waals surface area contributed by atoms with Crippen LogP contribution in [0.3, 0.4) is 0 Å². The van der Waals surface area contributed by atoms with Crippen molar-refractivity contribution in [2.75, 3.05) is 23.4 Å². The van der Waals surface area contributed by atoms with Crippen molar-refractivity contribution in [3.63, 3.8) is 0 Å². The Morgan fingerprint density at radius 1 is 1.31 bits per heavy atom. The molecule has 0 aliphatic rings. The molecule has 2 heteroatoms. The molecule has 0 fully saturated rings. The van der Waals surface area contributed by atoms with Gasteiger partial charge in [-0.25, -0.2) is 0 Å². The summed E-state index contributed by atoms with van der Waals surface area (Å²) in [6, 6.07) is 8.41. The predicted molar refractivity (Wildman–Crippen MR) is 62.7 cm³/mol. The molecule has 0 aliphatic carbocycles. The molecule has 1 aromatic rings. The normalized spacial score (nSPS) is 10.0. The summed E-state index contributed by atoms with van der Waals surface area (Å²) < 4.78 is 0. The van der Waals surface area contributed by atoms with Gasteiger partial charge in [-0.2, -0.15) is 11.8 Å². The maximum absolute atomic E-state index is 3.43. The molecule has 0 aliphatic heterocycles. The molecule has 0 atom stereocenters. The van der Waals surface area contributed by atoms with E-state index in [4.69, 9.17) is 0 Å². The van der Waals surface area contributed by atoms with Crippen molar-refractivity contribution >= 4 is 17.4 Å². The number of rotatable bonds is 5. The maximum Gasteiger partial charge on any atom is 0.0370 e. The molecule has 1 nitrogen and oxygen atoms in total. The highest BCUT2D eigenvalue weighted by Crippen LogP contribution is 2.12. The van der Waals surface area contributed by atoms with Crippen LogP contribution in [0.25, 0.3) is 0 Å². The second-order valence-corrected chi connectivity index (χ2v) is 4.33. The van der Waals surface area contributed by atoms with E-state index in [0.29, 0.717) is 0 Å². The lowest BCUT2D eigenvalue weighted by Gasteiger charge is -2.08. The lowest BCUT2D eigenvalue weighted by molar-refractivity contribution is 1.21. The predicted octanol–water partition coefficient (Wildman–Crippen LogP) is 3.16. The molecule has 0 aromatic heterocycles. The number of thioether (sulfide) groups is 1. The van der Waals surface area contributed by atoms with Gasteiger partial charge in [0.2, 0.25) is 0 Å². The molecular formula is C11H17NS. The summed E-state index contributed by atoms with van der Waals surface area (Å²) in [5.74, 6) is 2.39. The summed E-state index contributed by atoms with van der Waals surface area (Å²) in [5.41, 5.74) is 2.59. The van der Waals surface area contributed by atoms with Crippen LogP contribution in [-0.4, -0.2) is 18.1 Å². The van der Waals surface area contributed by atoms with E-state index >= 15 is 0 Å². The Kier molecular flexibility index (Phi) is 4.76. The van der Waals surface area contributed by atoms with Gasteiger partial charge in [0.05, 0.1) is 0 Å². The lowest BCUT2D eigenvalue weighted by atomic mass is 10.2. The average molecular weight is 195 g/mol. The molecule has 0 bridgehead atoms. The topological polar surface area (TPSA) is 12.0 Å². The summed E-state index contributed by atoms with van der Waals surface area (Å²) in [6.07, 6.45) is 0. The third-order valence-corrected chi connectivity index (χ3v) is 2.81. The number of anilines is 1. The fraction of sp³-hybridized carbons (Fsp3) is 0.455. The van der Waals surface area contributed by atoms with E-state index in [2.05, 4.69) is 43.4 Å². The standard InChI is InChI=1S/C11H17NS/c1-3-13-9-8-12-11-7-5-4-6-10(11)2/h4-7,12H,3,8-9H2,1-2H3. The zero-order valence-corrected chi connectivity index (χ0v) is 9.16. The smallest absolute Gasteiger partial charge is 0.0370 e. The van der Waals surface area contributed by atoms with Crippen LogP contribution in [-0.2, 0) is 0 Å². The Morgan fingerprint density at radius 3 is 2.77 bits per heavy atom. The highest BCUT2D eigenvalue weighted by atomic mass is 32.2. The molecule has 1 N–H and O–H groups in total. The van der Waals surface area contributed by atoms with E-state index < -0.39 is 0 Å². The number of nitrogens with one attached hydrogen (secondary N) is 1. The fourth-order valence-corrected chi connectivity index (χ4v) is 1.71. The minimum Gasteiger partial charge on any atom is -0.384 e. The highest BCUT2D eigenvalue weighted by Gasteiger charge is 1.93. The Morgan fingerprint density at radius 2 is 2.08 bits per heavy atom. The van der Waals surface area contributed by atoms with Crippen LogP contribution in [0.15, 0.2) is 24.3 Å². The van der Waals surface area contributed by atoms with Crippen molar-refractivity contribution in [3.05, 3.63) is 29.8 Å². The van der Waals surface area contributed by atoms with Crippen molar-refractivity contribution in [3.8, 4) is 0 Å². The van der Waals surface area contributed by atoms with E-state index in [0.717, 1.165) is 6.54 Å².